The number of carbonyl (C=O) groups excluding carboxylic acids is 1. The summed E-state index contributed by atoms with van der Waals surface area (Å²) in [5.41, 5.74) is 0.807. The quantitative estimate of drug-likeness (QED) is 0.589. The van der Waals surface area contributed by atoms with E-state index in [1.165, 1.54) is 6.08 Å². The van der Waals surface area contributed by atoms with Gasteiger partial charge in [0.2, 0.25) is 0 Å². The molecule has 3 aliphatic rings. The minimum Gasteiger partial charge on any atom is -0.423 e. The lowest BCUT2D eigenvalue weighted by Crippen LogP contribution is -2.59. The van der Waals surface area contributed by atoms with Gasteiger partial charge in [0.1, 0.15) is 0 Å². The normalized spacial score (nSPS) is 47.6. The first kappa shape index (κ1) is 14.0. The molecule has 1 saturated heterocycles. The molecule has 5 heteroatoms. The number of fused-ring (bicyclic) bond motifs is 2. The van der Waals surface area contributed by atoms with Gasteiger partial charge in [-0.3, -0.25) is 0 Å². The number of carbonyl (C=O) groups is 1. The van der Waals surface area contributed by atoms with Crippen LogP contribution in [-0.4, -0.2) is 22.7 Å². The molecule has 5 atom stereocenters. The first-order chi connectivity index (χ1) is 9.28. The topological polar surface area (TPSA) is 65.0 Å². The van der Waals surface area contributed by atoms with Gasteiger partial charge in [-0.25, -0.2) is 4.79 Å². The molecule has 1 saturated carbocycles. The van der Waals surface area contributed by atoms with Crippen molar-refractivity contribution in [3.63, 3.8) is 0 Å². The smallest absolute Gasteiger partial charge is 0.333 e. The second-order valence-corrected chi connectivity index (χ2v) is 6.75. The zero-order valence-corrected chi connectivity index (χ0v) is 12.4. The fourth-order valence-electron chi connectivity index (χ4n) is 4.06. The molecule has 112 valence electrons. The highest BCUT2D eigenvalue weighted by atomic mass is 17.3. The van der Waals surface area contributed by atoms with Gasteiger partial charge in [-0.15, -0.1) is 0 Å². The highest BCUT2D eigenvalue weighted by molar-refractivity contribution is 5.86. The fraction of sp³-hybridized carbons (Fsp3) is 0.800. The van der Waals surface area contributed by atoms with E-state index in [2.05, 4.69) is 6.92 Å². The van der Waals surface area contributed by atoms with Crippen molar-refractivity contribution in [2.75, 3.05) is 0 Å². The Bertz CT molecular complexity index is 467. The van der Waals surface area contributed by atoms with Crippen molar-refractivity contribution < 1.29 is 24.4 Å². The van der Waals surface area contributed by atoms with E-state index in [0.717, 1.165) is 18.4 Å². The van der Waals surface area contributed by atoms with Crippen molar-refractivity contribution in [3.05, 3.63) is 11.6 Å². The molecule has 0 bridgehead atoms. The van der Waals surface area contributed by atoms with Crippen molar-refractivity contribution in [1.29, 1.82) is 0 Å². The number of hydrogen-bond donors (Lipinski definition) is 1. The molecule has 0 radical (unpaired) electrons. The van der Waals surface area contributed by atoms with E-state index >= 15 is 0 Å². The average Bonchev–Trinajstić information content (AvgIpc) is 2.88. The maximum absolute atomic E-state index is 11.8. The van der Waals surface area contributed by atoms with Gasteiger partial charge in [0.15, 0.2) is 5.79 Å². The SMILES string of the molecule is CC(C)C1=CC(=O)OC12OOC(C)(O)C1CCC(C)C12. The van der Waals surface area contributed by atoms with Crippen LogP contribution in [0.5, 0.6) is 0 Å². The summed E-state index contributed by atoms with van der Waals surface area (Å²) >= 11 is 0. The molecule has 0 aromatic heterocycles. The molecule has 3 rings (SSSR count). The molecule has 0 aromatic carbocycles. The van der Waals surface area contributed by atoms with E-state index in [4.69, 9.17) is 14.5 Å². The summed E-state index contributed by atoms with van der Waals surface area (Å²) in [5, 5.41) is 10.4. The monoisotopic (exact) mass is 282 g/mol. The summed E-state index contributed by atoms with van der Waals surface area (Å²) in [6, 6.07) is 0. The number of aliphatic hydroxyl groups is 1. The molecule has 0 amide bonds. The van der Waals surface area contributed by atoms with Crippen LogP contribution in [0.1, 0.15) is 40.5 Å². The minimum atomic E-state index is -1.34. The van der Waals surface area contributed by atoms with Gasteiger partial charge in [-0.2, -0.15) is 9.78 Å². The van der Waals surface area contributed by atoms with E-state index in [1.807, 2.05) is 13.8 Å². The van der Waals surface area contributed by atoms with Crippen LogP contribution in [0.3, 0.4) is 0 Å². The van der Waals surface area contributed by atoms with Gasteiger partial charge in [0.25, 0.3) is 5.79 Å². The average molecular weight is 282 g/mol. The molecule has 2 heterocycles. The first-order valence-corrected chi connectivity index (χ1v) is 7.32. The highest BCUT2D eigenvalue weighted by Gasteiger charge is 2.66. The molecule has 0 aromatic rings. The lowest BCUT2D eigenvalue weighted by molar-refractivity contribution is -0.533. The molecule has 5 unspecified atom stereocenters. The van der Waals surface area contributed by atoms with E-state index in [1.54, 1.807) is 6.92 Å². The predicted octanol–water partition coefficient (Wildman–Crippen LogP) is 2.15. The third-order valence-electron chi connectivity index (χ3n) is 4.99. The predicted molar refractivity (Wildman–Crippen MR) is 69.9 cm³/mol. The van der Waals surface area contributed by atoms with E-state index in [9.17, 15) is 9.90 Å². The van der Waals surface area contributed by atoms with Crippen molar-refractivity contribution in [2.24, 2.45) is 23.7 Å². The molecule has 1 N–H and O–H groups in total. The standard InChI is InChI=1S/C15H22O5/c1-8(2)11-7-12(16)18-15(11)13-9(3)5-6-10(13)14(4,17)19-20-15/h7-10,13,17H,5-6H2,1-4H3. The van der Waals surface area contributed by atoms with Crippen LogP contribution in [0, 0.1) is 23.7 Å². The van der Waals surface area contributed by atoms with Crippen molar-refractivity contribution >= 4 is 5.97 Å². The second kappa shape index (κ2) is 4.29. The summed E-state index contributed by atoms with van der Waals surface area (Å²) in [6.07, 6.45) is 3.31. The van der Waals surface area contributed by atoms with Crippen LogP contribution in [0.2, 0.25) is 0 Å². The zero-order valence-electron chi connectivity index (χ0n) is 12.4. The van der Waals surface area contributed by atoms with Crippen LogP contribution < -0.4 is 0 Å². The van der Waals surface area contributed by atoms with Crippen LogP contribution in [0.25, 0.3) is 0 Å². The molecule has 1 spiro atoms. The Morgan fingerprint density at radius 2 is 2.05 bits per heavy atom. The summed E-state index contributed by atoms with van der Waals surface area (Å²) < 4.78 is 5.55. The van der Waals surface area contributed by atoms with Gasteiger partial charge in [0, 0.05) is 23.5 Å². The maximum Gasteiger partial charge on any atom is 0.333 e. The molecule has 2 aliphatic heterocycles. The Morgan fingerprint density at radius 1 is 1.35 bits per heavy atom. The molecule has 5 nitrogen and oxygen atoms in total. The fourth-order valence-corrected chi connectivity index (χ4v) is 4.06. The molecular formula is C15H22O5. The Labute approximate surface area is 118 Å². The Kier molecular flexibility index (Phi) is 3.01. The number of hydrogen-bond acceptors (Lipinski definition) is 5. The number of esters is 1. The van der Waals surface area contributed by atoms with Crippen LogP contribution in [0.15, 0.2) is 11.6 Å². The second-order valence-electron chi connectivity index (χ2n) is 6.75. The van der Waals surface area contributed by atoms with Gasteiger partial charge in [-0.05, 0) is 31.6 Å². The van der Waals surface area contributed by atoms with Crippen molar-refractivity contribution in [2.45, 2.75) is 52.1 Å². The van der Waals surface area contributed by atoms with E-state index in [-0.39, 0.29) is 17.8 Å². The van der Waals surface area contributed by atoms with Crippen LogP contribution in [-0.2, 0) is 19.3 Å². The molecule has 1 aliphatic carbocycles. The largest absolute Gasteiger partial charge is 0.423 e. The molecule has 2 fully saturated rings. The van der Waals surface area contributed by atoms with E-state index in [0.29, 0.717) is 5.92 Å². The van der Waals surface area contributed by atoms with Crippen molar-refractivity contribution in [1.82, 2.24) is 0 Å². The summed E-state index contributed by atoms with van der Waals surface area (Å²) in [4.78, 5) is 22.5. The van der Waals surface area contributed by atoms with Gasteiger partial charge in [0.05, 0.1) is 0 Å². The van der Waals surface area contributed by atoms with Gasteiger partial charge >= 0.3 is 5.97 Å². The lowest BCUT2D eigenvalue weighted by atomic mass is 9.74. The number of ether oxygens (including phenoxy) is 1. The van der Waals surface area contributed by atoms with Gasteiger partial charge in [-0.1, -0.05) is 20.8 Å². The zero-order chi connectivity index (χ0) is 14.7. The number of rotatable bonds is 1. The van der Waals surface area contributed by atoms with Crippen LogP contribution in [0.4, 0.5) is 0 Å². The van der Waals surface area contributed by atoms with E-state index < -0.39 is 17.5 Å². The molecular weight excluding hydrogens is 260 g/mol. The molecule has 20 heavy (non-hydrogen) atoms. The third kappa shape index (κ3) is 1.76. The maximum atomic E-state index is 11.8. The third-order valence-corrected chi connectivity index (χ3v) is 4.99. The van der Waals surface area contributed by atoms with Crippen molar-refractivity contribution in [3.8, 4) is 0 Å². The Balaban J connectivity index is 2.06. The summed E-state index contributed by atoms with van der Waals surface area (Å²) in [6.45, 7) is 7.73. The highest BCUT2D eigenvalue weighted by Crippen LogP contribution is 2.57. The first-order valence-electron chi connectivity index (χ1n) is 7.32. The minimum absolute atomic E-state index is 0.0775. The summed E-state index contributed by atoms with van der Waals surface area (Å²) in [7, 11) is 0. The Morgan fingerprint density at radius 3 is 2.70 bits per heavy atom. The summed E-state index contributed by atoms with van der Waals surface area (Å²) in [5.74, 6) is -2.65. The lowest BCUT2D eigenvalue weighted by Gasteiger charge is -2.49. The van der Waals surface area contributed by atoms with Crippen LogP contribution >= 0.6 is 0 Å². The van der Waals surface area contributed by atoms with Gasteiger partial charge < -0.3 is 9.84 Å². The Hall–Kier alpha value is -0.910.